The third-order valence-corrected chi connectivity index (χ3v) is 2.63. The Hall–Kier alpha value is -0.360. The molecule has 0 aliphatic rings. The van der Waals surface area contributed by atoms with E-state index in [0.29, 0.717) is 11.7 Å². The summed E-state index contributed by atoms with van der Waals surface area (Å²) in [6, 6.07) is 0. The van der Waals surface area contributed by atoms with Crippen molar-refractivity contribution in [2.45, 2.75) is 13.5 Å². The number of aromatic nitrogens is 1. The van der Waals surface area contributed by atoms with Gasteiger partial charge < -0.3 is 10.8 Å². The molecule has 0 atom stereocenters. The molecule has 82 valence electrons. The summed E-state index contributed by atoms with van der Waals surface area (Å²) in [5.41, 5.74) is 5.51. The average Bonchev–Trinajstić information content (AvgIpc) is 2.50. The van der Waals surface area contributed by atoms with E-state index in [1.54, 1.807) is 6.20 Å². The molecule has 0 spiro atoms. The van der Waals surface area contributed by atoms with E-state index in [0.717, 1.165) is 18.0 Å². The van der Waals surface area contributed by atoms with Crippen LogP contribution in [0.15, 0.2) is 6.20 Å². The Balaban J connectivity index is 0.00000169. The molecule has 1 heterocycles. The lowest BCUT2D eigenvalue weighted by molar-refractivity contribution is 0.198. The van der Waals surface area contributed by atoms with Gasteiger partial charge in [-0.2, -0.15) is 0 Å². The molecular weight excluding hydrogens is 222 g/mol. The van der Waals surface area contributed by atoms with Crippen molar-refractivity contribution in [3.63, 3.8) is 0 Å². The van der Waals surface area contributed by atoms with Gasteiger partial charge in [-0.25, -0.2) is 4.98 Å². The number of likely N-dealkylation sites (N-methyl/N-ethyl adjacent to an activating group) is 1. The van der Waals surface area contributed by atoms with Gasteiger partial charge in [0.1, 0.15) is 0 Å². The number of hydrogen-bond donors (Lipinski definition) is 2. The van der Waals surface area contributed by atoms with Crippen LogP contribution in [0, 0.1) is 0 Å². The maximum atomic E-state index is 8.77. The van der Waals surface area contributed by atoms with Gasteiger partial charge in [0.05, 0.1) is 6.61 Å². The molecule has 0 radical (unpaired) electrons. The third kappa shape index (κ3) is 4.23. The number of rotatable bonds is 5. The van der Waals surface area contributed by atoms with Gasteiger partial charge in [0, 0.05) is 24.2 Å². The molecule has 1 aromatic rings. The third-order valence-electron chi connectivity index (χ3n) is 1.81. The van der Waals surface area contributed by atoms with Crippen LogP contribution >= 0.6 is 23.7 Å². The molecule has 4 nitrogen and oxygen atoms in total. The van der Waals surface area contributed by atoms with Crippen molar-refractivity contribution in [3.8, 4) is 0 Å². The maximum absolute atomic E-state index is 8.77. The minimum Gasteiger partial charge on any atom is -0.395 e. The maximum Gasteiger partial charge on any atom is 0.180 e. The molecule has 14 heavy (non-hydrogen) atoms. The van der Waals surface area contributed by atoms with Crippen LogP contribution in [-0.2, 0) is 6.54 Å². The number of nitrogens with zero attached hydrogens (tertiary/aromatic N) is 2. The Bertz CT molecular complexity index is 256. The van der Waals surface area contributed by atoms with Crippen LogP contribution in [0.4, 0.5) is 5.13 Å². The van der Waals surface area contributed by atoms with E-state index in [1.165, 1.54) is 11.3 Å². The number of nitrogen functional groups attached to an aromatic ring is 1. The van der Waals surface area contributed by atoms with Crippen molar-refractivity contribution in [2.24, 2.45) is 0 Å². The second-order valence-corrected chi connectivity index (χ2v) is 3.90. The van der Waals surface area contributed by atoms with Crippen molar-refractivity contribution in [2.75, 3.05) is 25.4 Å². The molecule has 6 heteroatoms. The van der Waals surface area contributed by atoms with Crippen LogP contribution < -0.4 is 5.73 Å². The van der Waals surface area contributed by atoms with Gasteiger partial charge >= 0.3 is 0 Å². The SMILES string of the molecule is CCN(CCO)Cc1cnc(N)s1.Cl. The Kier molecular flexibility index (Phi) is 6.82. The van der Waals surface area contributed by atoms with E-state index >= 15 is 0 Å². The molecule has 0 saturated heterocycles. The number of aliphatic hydroxyl groups excluding tert-OH is 1. The number of nitrogens with two attached hydrogens (primary N) is 1. The highest BCUT2D eigenvalue weighted by molar-refractivity contribution is 7.15. The normalized spacial score (nSPS) is 10.2. The summed E-state index contributed by atoms with van der Waals surface area (Å²) < 4.78 is 0. The van der Waals surface area contributed by atoms with E-state index in [1.807, 2.05) is 0 Å². The first-order valence-electron chi connectivity index (χ1n) is 4.29. The molecule has 0 unspecified atom stereocenters. The highest BCUT2D eigenvalue weighted by Crippen LogP contribution is 2.15. The monoisotopic (exact) mass is 237 g/mol. The second-order valence-electron chi connectivity index (χ2n) is 2.76. The molecule has 1 rings (SSSR count). The fourth-order valence-electron chi connectivity index (χ4n) is 1.11. The molecule has 0 aliphatic carbocycles. The van der Waals surface area contributed by atoms with Crippen molar-refractivity contribution < 1.29 is 5.11 Å². The van der Waals surface area contributed by atoms with Crippen LogP contribution in [0.3, 0.4) is 0 Å². The zero-order chi connectivity index (χ0) is 9.68. The lowest BCUT2D eigenvalue weighted by Crippen LogP contribution is -2.25. The summed E-state index contributed by atoms with van der Waals surface area (Å²) in [6.45, 7) is 4.72. The Labute approximate surface area is 94.2 Å². The van der Waals surface area contributed by atoms with Crippen molar-refractivity contribution in [1.29, 1.82) is 0 Å². The summed E-state index contributed by atoms with van der Waals surface area (Å²) >= 11 is 1.50. The molecular formula is C8H16ClN3OS. The molecule has 3 N–H and O–H groups in total. The molecule has 0 fully saturated rings. The minimum atomic E-state index is 0. The Morgan fingerprint density at radius 3 is 2.79 bits per heavy atom. The van der Waals surface area contributed by atoms with Gasteiger partial charge in [-0.05, 0) is 6.54 Å². The van der Waals surface area contributed by atoms with Gasteiger partial charge in [0.15, 0.2) is 5.13 Å². The fourth-order valence-corrected chi connectivity index (χ4v) is 1.83. The standard InChI is InChI=1S/C8H15N3OS.ClH/c1-2-11(3-4-12)6-7-5-10-8(9)13-7;/h5,12H,2-4,6H2,1H3,(H2,9,10);1H. The smallest absolute Gasteiger partial charge is 0.180 e. The number of aliphatic hydroxyl groups is 1. The van der Waals surface area contributed by atoms with Crippen LogP contribution in [0.1, 0.15) is 11.8 Å². The van der Waals surface area contributed by atoms with Crippen molar-refractivity contribution in [3.05, 3.63) is 11.1 Å². The quantitative estimate of drug-likeness (QED) is 0.801. The predicted molar refractivity (Wildman–Crippen MR) is 61.8 cm³/mol. The summed E-state index contributed by atoms with van der Waals surface area (Å²) in [6.07, 6.45) is 1.79. The van der Waals surface area contributed by atoms with Crippen molar-refractivity contribution in [1.82, 2.24) is 9.88 Å². The van der Waals surface area contributed by atoms with Crippen LogP contribution in [0.5, 0.6) is 0 Å². The van der Waals surface area contributed by atoms with E-state index in [9.17, 15) is 0 Å². The van der Waals surface area contributed by atoms with E-state index in [-0.39, 0.29) is 19.0 Å². The number of thiazole rings is 1. The van der Waals surface area contributed by atoms with Gasteiger partial charge in [-0.1, -0.05) is 6.92 Å². The number of hydrogen-bond acceptors (Lipinski definition) is 5. The predicted octanol–water partition coefficient (Wildman–Crippen LogP) is 0.961. The van der Waals surface area contributed by atoms with Crippen molar-refractivity contribution >= 4 is 28.9 Å². The summed E-state index contributed by atoms with van der Waals surface area (Å²) in [5.74, 6) is 0. The average molecular weight is 238 g/mol. The van der Waals surface area contributed by atoms with E-state index < -0.39 is 0 Å². The molecule has 0 aliphatic heterocycles. The lowest BCUT2D eigenvalue weighted by atomic mass is 10.4. The van der Waals surface area contributed by atoms with Crippen LogP contribution in [-0.4, -0.2) is 34.7 Å². The largest absolute Gasteiger partial charge is 0.395 e. The zero-order valence-corrected chi connectivity index (χ0v) is 9.77. The van der Waals surface area contributed by atoms with Crippen LogP contribution in [0.2, 0.25) is 0 Å². The molecule has 0 bridgehead atoms. The molecule has 0 aromatic carbocycles. The summed E-state index contributed by atoms with van der Waals surface area (Å²) in [5, 5.41) is 9.38. The second kappa shape index (κ2) is 7.00. The molecule has 0 saturated carbocycles. The van der Waals surface area contributed by atoms with E-state index in [4.69, 9.17) is 10.8 Å². The fraction of sp³-hybridized carbons (Fsp3) is 0.625. The lowest BCUT2D eigenvalue weighted by Gasteiger charge is -2.17. The van der Waals surface area contributed by atoms with Gasteiger partial charge in [-0.15, -0.1) is 23.7 Å². The van der Waals surface area contributed by atoms with Gasteiger partial charge in [-0.3, -0.25) is 4.90 Å². The minimum absolute atomic E-state index is 0. The zero-order valence-electron chi connectivity index (χ0n) is 8.14. The summed E-state index contributed by atoms with van der Waals surface area (Å²) in [4.78, 5) is 7.26. The number of halogens is 1. The topological polar surface area (TPSA) is 62.4 Å². The Morgan fingerprint density at radius 2 is 2.36 bits per heavy atom. The molecule has 0 amide bonds. The Morgan fingerprint density at radius 1 is 1.64 bits per heavy atom. The van der Waals surface area contributed by atoms with Gasteiger partial charge in [0.25, 0.3) is 0 Å². The first-order chi connectivity index (χ1) is 6.26. The van der Waals surface area contributed by atoms with Gasteiger partial charge in [0.2, 0.25) is 0 Å². The highest BCUT2D eigenvalue weighted by atomic mass is 35.5. The van der Waals surface area contributed by atoms with E-state index in [2.05, 4.69) is 16.8 Å². The molecule has 1 aromatic heterocycles. The first kappa shape index (κ1) is 13.6. The number of anilines is 1. The van der Waals surface area contributed by atoms with Crippen LogP contribution in [0.25, 0.3) is 0 Å². The first-order valence-corrected chi connectivity index (χ1v) is 5.11. The highest BCUT2D eigenvalue weighted by Gasteiger charge is 2.04. The summed E-state index contributed by atoms with van der Waals surface area (Å²) in [7, 11) is 0.